The number of hydrogen-bond donors (Lipinski definition) is 1. The monoisotopic (exact) mass is 254 g/mol. The van der Waals surface area contributed by atoms with Crippen molar-refractivity contribution in [2.75, 3.05) is 13.2 Å². The van der Waals surface area contributed by atoms with Gasteiger partial charge in [0.2, 0.25) is 0 Å². The van der Waals surface area contributed by atoms with E-state index in [4.69, 9.17) is 18.8 Å². The maximum atomic E-state index is 10.7. The highest BCUT2D eigenvalue weighted by Gasteiger charge is 2.47. The van der Waals surface area contributed by atoms with Crippen molar-refractivity contribution in [1.82, 2.24) is 0 Å². The summed E-state index contributed by atoms with van der Waals surface area (Å²) in [5, 5.41) is 0. The molecule has 0 aromatic carbocycles. The summed E-state index contributed by atoms with van der Waals surface area (Å²) >= 11 is 0. The van der Waals surface area contributed by atoms with Gasteiger partial charge in [-0.05, 0) is 13.8 Å². The van der Waals surface area contributed by atoms with Gasteiger partial charge in [0, 0.05) is 0 Å². The van der Waals surface area contributed by atoms with Crippen LogP contribution in [0, 0.1) is 0 Å². The van der Waals surface area contributed by atoms with Crippen LogP contribution in [-0.2, 0) is 28.8 Å². The van der Waals surface area contributed by atoms with Gasteiger partial charge < -0.3 is 14.2 Å². The molecule has 2 saturated heterocycles. The van der Waals surface area contributed by atoms with Crippen LogP contribution in [0.3, 0.4) is 0 Å². The van der Waals surface area contributed by atoms with Gasteiger partial charge in [0.05, 0.1) is 13.2 Å². The van der Waals surface area contributed by atoms with Crippen LogP contribution >= 0.6 is 0 Å². The minimum atomic E-state index is -4.52. The first-order chi connectivity index (χ1) is 7.27. The van der Waals surface area contributed by atoms with Gasteiger partial charge in [0.25, 0.3) is 0 Å². The van der Waals surface area contributed by atoms with E-state index in [0.29, 0.717) is 6.61 Å². The van der Waals surface area contributed by atoms with Crippen molar-refractivity contribution in [2.45, 2.75) is 37.9 Å². The molecule has 0 spiro atoms. The van der Waals surface area contributed by atoms with E-state index in [1.54, 1.807) is 13.8 Å². The molecule has 16 heavy (non-hydrogen) atoms. The zero-order chi connectivity index (χ0) is 12.0. The second-order valence-corrected chi connectivity index (χ2v) is 5.28. The van der Waals surface area contributed by atoms with Crippen LogP contribution in [0.5, 0.6) is 0 Å². The van der Waals surface area contributed by atoms with Crippen molar-refractivity contribution in [3.8, 4) is 0 Å². The smallest absolute Gasteiger partial charge is 0.370 e. The fourth-order valence-corrected chi connectivity index (χ4v) is 2.15. The summed E-state index contributed by atoms with van der Waals surface area (Å²) in [6, 6.07) is 0. The van der Waals surface area contributed by atoms with E-state index < -0.39 is 28.4 Å². The van der Waals surface area contributed by atoms with Gasteiger partial charge in [-0.2, -0.15) is 8.42 Å². The Labute approximate surface area is 93.6 Å². The van der Waals surface area contributed by atoms with Crippen LogP contribution in [-0.4, -0.2) is 50.3 Å². The van der Waals surface area contributed by atoms with Crippen molar-refractivity contribution < 1.29 is 31.4 Å². The van der Waals surface area contributed by atoms with Crippen LogP contribution in [0.4, 0.5) is 0 Å². The molecule has 0 aliphatic carbocycles. The fourth-order valence-electron chi connectivity index (χ4n) is 1.63. The van der Waals surface area contributed by atoms with Crippen molar-refractivity contribution in [3.05, 3.63) is 0 Å². The maximum Gasteiger partial charge on any atom is 0.397 e. The predicted molar refractivity (Wildman–Crippen MR) is 51.1 cm³/mol. The SMILES string of the molecule is CC1(C)OC[C@H]([C@@H](OS(=O)(=O)O)[C@@H]2CO2)O1. The van der Waals surface area contributed by atoms with Crippen LogP contribution < -0.4 is 0 Å². The Morgan fingerprint density at radius 1 is 1.38 bits per heavy atom. The molecule has 0 radical (unpaired) electrons. The van der Waals surface area contributed by atoms with E-state index in [-0.39, 0.29) is 12.7 Å². The number of epoxide rings is 1. The third kappa shape index (κ3) is 3.12. The minimum absolute atomic E-state index is 0.201. The highest BCUT2D eigenvalue weighted by molar-refractivity contribution is 7.80. The van der Waals surface area contributed by atoms with E-state index in [9.17, 15) is 8.42 Å². The summed E-state index contributed by atoms with van der Waals surface area (Å²) in [4.78, 5) is 0. The number of ether oxygens (including phenoxy) is 3. The molecular weight excluding hydrogens is 240 g/mol. The molecule has 7 nitrogen and oxygen atoms in total. The molecule has 0 aromatic rings. The normalized spacial score (nSPS) is 34.9. The lowest BCUT2D eigenvalue weighted by Crippen LogP contribution is -2.38. The lowest BCUT2D eigenvalue weighted by molar-refractivity contribution is -0.150. The van der Waals surface area contributed by atoms with Gasteiger partial charge in [-0.25, -0.2) is 4.18 Å². The molecule has 1 N–H and O–H groups in total. The molecule has 2 aliphatic heterocycles. The van der Waals surface area contributed by atoms with Crippen LogP contribution in [0.2, 0.25) is 0 Å². The summed E-state index contributed by atoms with van der Waals surface area (Å²) in [6.07, 6.45) is -1.80. The van der Waals surface area contributed by atoms with Gasteiger partial charge in [-0.1, -0.05) is 0 Å². The third-order valence-electron chi connectivity index (χ3n) is 2.36. The second kappa shape index (κ2) is 3.90. The van der Waals surface area contributed by atoms with Crippen LogP contribution in [0.15, 0.2) is 0 Å². The minimum Gasteiger partial charge on any atom is -0.370 e. The molecule has 0 unspecified atom stereocenters. The zero-order valence-electron chi connectivity index (χ0n) is 8.95. The lowest BCUT2D eigenvalue weighted by Gasteiger charge is -2.21. The molecule has 94 valence electrons. The average Bonchev–Trinajstić information content (AvgIpc) is 2.86. The quantitative estimate of drug-likeness (QED) is 0.544. The summed E-state index contributed by atoms with van der Waals surface area (Å²) < 4.78 is 50.2. The molecule has 3 atom stereocenters. The molecular formula is C8H14O7S. The predicted octanol–water partition coefficient (Wildman–Crippen LogP) is -0.275. The molecule has 2 aliphatic rings. The van der Waals surface area contributed by atoms with Crippen molar-refractivity contribution in [2.24, 2.45) is 0 Å². The Morgan fingerprint density at radius 2 is 2.00 bits per heavy atom. The molecule has 2 rings (SSSR count). The Morgan fingerprint density at radius 3 is 2.38 bits per heavy atom. The summed E-state index contributed by atoms with van der Waals surface area (Å²) in [7, 11) is -4.52. The van der Waals surface area contributed by atoms with E-state index in [2.05, 4.69) is 4.18 Å². The molecule has 0 saturated carbocycles. The average molecular weight is 254 g/mol. The summed E-state index contributed by atoms with van der Waals surface area (Å²) in [5.74, 6) is -0.777. The maximum absolute atomic E-state index is 10.7. The van der Waals surface area contributed by atoms with Gasteiger partial charge >= 0.3 is 10.4 Å². The first-order valence-electron chi connectivity index (χ1n) is 4.86. The van der Waals surface area contributed by atoms with E-state index >= 15 is 0 Å². The van der Waals surface area contributed by atoms with Gasteiger partial charge in [0.1, 0.15) is 18.3 Å². The molecule has 0 aromatic heterocycles. The van der Waals surface area contributed by atoms with Gasteiger partial charge in [-0.15, -0.1) is 0 Å². The van der Waals surface area contributed by atoms with Crippen molar-refractivity contribution in [3.63, 3.8) is 0 Å². The van der Waals surface area contributed by atoms with Crippen LogP contribution in [0.25, 0.3) is 0 Å². The fraction of sp³-hybridized carbons (Fsp3) is 1.00. The largest absolute Gasteiger partial charge is 0.397 e. The van der Waals surface area contributed by atoms with Crippen LogP contribution in [0.1, 0.15) is 13.8 Å². The molecule has 8 heteroatoms. The van der Waals surface area contributed by atoms with E-state index in [0.717, 1.165) is 0 Å². The molecule has 2 heterocycles. The first-order valence-corrected chi connectivity index (χ1v) is 6.22. The van der Waals surface area contributed by atoms with E-state index in [1.807, 2.05) is 0 Å². The Kier molecular flexibility index (Phi) is 2.97. The van der Waals surface area contributed by atoms with Crippen molar-refractivity contribution in [1.29, 1.82) is 0 Å². The zero-order valence-corrected chi connectivity index (χ0v) is 9.77. The Hall–Kier alpha value is -0.250. The van der Waals surface area contributed by atoms with Gasteiger partial charge in [0.15, 0.2) is 5.79 Å². The molecule has 2 fully saturated rings. The Bertz CT molecular complexity index is 359. The summed E-state index contributed by atoms with van der Waals surface area (Å²) in [6.45, 7) is 4.02. The third-order valence-corrected chi connectivity index (χ3v) is 2.82. The highest BCUT2D eigenvalue weighted by atomic mass is 32.3. The molecule has 0 bridgehead atoms. The molecule has 0 amide bonds. The topological polar surface area (TPSA) is 94.6 Å². The van der Waals surface area contributed by atoms with Crippen molar-refractivity contribution >= 4 is 10.4 Å². The second-order valence-electron chi connectivity index (χ2n) is 4.23. The first kappa shape index (κ1) is 12.2. The number of hydrogen-bond acceptors (Lipinski definition) is 6. The van der Waals surface area contributed by atoms with Gasteiger partial charge in [-0.3, -0.25) is 4.55 Å². The Balaban J connectivity index is 2.03. The number of rotatable bonds is 4. The standard InChI is InChI=1S/C8H14O7S/c1-8(2)13-4-6(14-8)7(5-3-12-5)15-16(9,10)11/h5-7H,3-4H2,1-2H3,(H,9,10,11)/t5-,6+,7-/m0/s1. The summed E-state index contributed by atoms with van der Waals surface area (Å²) in [5.41, 5.74) is 0. The lowest BCUT2D eigenvalue weighted by atomic mass is 10.1. The highest BCUT2D eigenvalue weighted by Crippen LogP contribution is 2.31. The van der Waals surface area contributed by atoms with E-state index in [1.165, 1.54) is 0 Å².